The molecule has 1 aliphatic rings. The zero-order valence-electron chi connectivity index (χ0n) is 17.5. The summed E-state index contributed by atoms with van der Waals surface area (Å²) in [5, 5.41) is 18.1. The molecule has 0 amide bonds. The van der Waals surface area contributed by atoms with Crippen molar-refractivity contribution >= 4 is 17.5 Å². The molecule has 0 spiro atoms. The summed E-state index contributed by atoms with van der Waals surface area (Å²) >= 11 is 1.36. The molecule has 0 unspecified atom stereocenters. The minimum Gasteiger partial charge on any atom is -0.486 e. The van der Waals surface area contributed by atoms with Crippen LogP contribution in [0.1, 0.15) is 52.6 Å². The van der Waals surface area contributed by atoms with Crippen molar-refractivity contribution in [2.24, 2.45) is 0 Å². The van der Waals surface area contributed by atoms with Gasteiger partial charge in [-0.1, -0.05) is 30.0 Å². The monoisotopic (exact) mass is 432 g/mol. The minimum atomic E-state index is -0.00741. The molecule has 1 aromatic heterocycles. The first-order valence-electron chi connectivity index (χ1n) is 10.5. The Kier molecular flexibility index (Phi) is 6.68. The van der Waals surface area contributed by atoms with E-state index in [2.05, 4.69) is 28.4 Å². The Morgan fingerprint density at radius 3 is 2.65 bits per heavy atom. The van der Waals surface area contributed by atoms with Crippen molar-refractivity contribution in [1.29, 1.82) is 5.26 Å². The molecule has 0 saturated carbocycles. The Balaban J connectivity index is 1.38. The predicted molar refractivity (Wildman–Crippen MR) is 119 cm³/mol. The van der Waals surface area contributed by atoms with Crippen LogP contribution in [0.2, 0.25) is 0 Å². The molecule has 4 rings (SSSR count). The van der Waals surface area contributed by atoms with E-state index >= 15 is 0 Å². The summed E-state index contributed by atoms with van der Waals surface area (Å²) in [6.45, 7) is 3.06. The number of nitriles is 1. The van der Waals surface area contributed by atoms with Gasteiger partial charge in [0.2, 0.25) is 0 Å². The predicted octanol–water partition coefficient (Wildman–Crippen LogP) is 4.60. The molecule has 6 nitrogen and oxygen atoms in total. The molecule has 31 heavy (non-hydrogen) atoms. The van der Waals surface area contributed by atoms with E-state index in [4.69, 9.17) is 10.00 Å². The lowest BCUT2D eigenvalue weighted by atomic mass is 9.92. The van der Waals surface area contributed by atoms with Gasteiger partial charge in [-0.05, 0) is 68.0 Å². The van der Waals surface area contributed by atoms with Crippen LogP contribution in [-0.4, -0.2) is 26.3 Å². The summed E-state index contributed by atoms with van der Waals surface area (Å²) in [7, 11) is 0. The van der Waals surface area contributed by atoms with Gasteiger partial charge in [0.15, 0.2) is 16.8 Å². The van der Waals surface area contributed by atoms with E-state index in [0.29, 0.717) is 29.4 Å². The molecule has 1 heterocycles. The van der Waals surface area contributed by atoms with E-state index in [1.165, 1.54) is 35.7 Å². The number of aryl methyl sites for hydroxylation is 2. The molecule has 0 bridgehead atoms. The van der Waals surface area contributed by atoms with E-state index in [1.807, 2.05) is 17.6 Å². The van der Waals surface area contributed by atoms with Crippen LogP contribution >= 0.6 is 11.8 Å². The number of nitrogens with zero attached hydrogens (tertiary/aromatic N) is 4. The quantitative estimate of drug-likeness (QED) is 0.382. The standard InChI is InChI=1S/C24H24N4O2S/c1-2-28-23(15-30-21-12-11-18-5-3-4-6-20(18)13-21)26-27-24(28)31-16-22(29)19-9-7-17(14-25)8-10-19/h7-13H,2-6,15-16H2,1H3. The van der Waals surface area contributed by atoms with Crippen LogP contribution in [0.4, 0.5) is 0 Å². The lowest BCUT2D eigenvalue weighted by Crippen LogP contribution is -2.09. The van der Waals surface area contributed by atoms with Crippen molar-refractivity contribution < 1.29 is 9.53 Å². The van der Waals surface area contributed by atoms with E-state index < -0.39 is 0 Å². The summed E-state index contributed by atoms with van der Waals surface area (Å²) in [4.78, 5) is 12.5. The Bertz CT molecular complexity index is 1120. The molecule has 158 valence electrons. The Morgan fingerprint density at radius 2 is 1.90 bits per heavy atom. The summed E-state index contributed by atoms with van der Waals surface area (Å²) < 4.78 is 7.99. The van der Waals surface area contributed by atoms with Crippen LogP contribution in [0.3, 0.4) is 0 Å². The molecule has 0 fully saturated rings. The average Bonchev–Trinajstić information content (AvgIpc) is 3.22. The third-order valence-electron chi connectivity index (χ3n) is 5.47. The smallest absolute Gasteiger partial charge is 0.191 e. The third kappa shape index (κ3) is 4.97. The number of fused-ring (bicyclic) bond motifs is 1. The second-order valence-electron chi connectivity index (χ2n) is 7.47. The number of hydrogen-bond acceptors (Lipinski definition) is 6. The molecule has 7 heteroatoms. The van der Waals surface area contributed by atoms with Crippen molar-refractivity contribution in [2.45, 2.75) is 50.9 Å². The minimum absolute atomic E-state index is 0.00741. The molecular formula is C24H24N4O2S. The molecule has 0 saturated heterocycles. The topological polar surface area (TPSA) is 80.8 Å². The summed E-state index contributed by atoms with van der Waals surface area (Å²) in [5.41, 5.74) is 3.95. The zero-order valence-corrected chi connectivity index (χ0v) is 18.3. The van der Waals surface area contributed by atoms with Crippen molar-refractivity contribution in [3.63, 3.8) is 0 Å². The van der Waals surface area contributed by atoms with Gasteiger partial charge < -0.3 is 9.30 Å². The zero-order chi connectivity index (χ0) is 21.6. The number of ketones is 1. The van der Waals surface area contributed by atoms with Gasteiger partial charge >= 0.3 is 0 Å². The fourth-order valence-electron chi connectivity index (χ4n) is 3.74. The Labute approximate surface area is 186 Å². The second-order valence-corrected chi connectivity index (χ2v) is 8.41. The van der Waals surface area contributed by atoms with Gasteiger partial charge in [-0.15, -0.1) is 10.2 Å². The van der Waals surface area contributed by atoms with Gasteiger partial charge in [-0.3, -0.25) is 4.79 Å². The van der Waals surface area contributed by atoms with Gasteiger partial charge in [0, 0.05) is 12.1 Å². The summed E-state index contributed by atoms with van der Waals surface area (Å²) in [6.07, 6.45) is 4.77. The molecule has 0 N–H and O–H groups in total. The maximum atomic E-state index is 12.5. The molecule has 0 aliphatic heterocycles. The van der Waals surface area contributed by atoms with E-state index in [-0.39, 0.29) is 11.5 Å². The Morgan fingerprint density at radius 1 is 1.13 bits per heavy atom. The molecule has 3 aromatic rings. The average molecular weight is 433 g/mol. The molecule has 0 radical (unpaired) electrons. The van der Waals surface area contributed by atoms with Crippen LogP contribution < -0.4 is 4.74 Å². The number of benzene rings is 2. The highest BCUT2D eigenvalue weighted by Crippen LogP contribution is 2.26. The number of rotatable bonds is 8. The van der Waals surface area contributed by atoms with Crippen LogP contribution in [-0.2, 0) is 26.0 Å². The first-order chi connectivity index (χ1) is 15.2. The van der Waals surface area contributed by atoms with Crippen molar-refractivity contribution in [3.8, 4) is 11.8 Å². The number of thioether (sulfide) groups is 1. The number of Topliss-reactive ketones (excluding diaryl/α,β-unsaturated/α-hetero) is 1. The van der Waals surface area contributed by atoms with Crippen molar-refractivity contribution in [3.05, 3.63) is 70.5 Å². The largest absolute Gasteiger partial charge is 0.486 e. The maximum Gasteiger partial charge on any atom is 0.191 e. The van der Waals surface area contributed by atoms with Gasteiger partial charge in [0.1, 0.15) is 12.4 Å². The summed E-state index contributed by atoms with van der Waals surface area (Å²) in [6, 6.07) is 15.1. The molecule has 0 atom stereocenters. The molecule has 2 aromatic carbocycles. The van der Waals surface area contributed by atoms with Gasteiger partial charge in [-0.25, -0.2) is 0 Å². The van der Waals surface area contributed by atoms with Crippen molar-refractivity contribution in [2.75, 3.05) is 5.75 Å². The number of hydrogen-bond donors (Lipinski definition) is 0. The van der Waals surface area contributed by atoms with Gasteiger partial charge in [0.25, 0.3) is 0 Å². The van der Waals surface area contributed by atoms with Crippen LogP contribution in [0.25, 0.3) is 0 Å². The van der Waals surface area contributed by atoms with Crippen LogP contribution in [0, 0.1) is 11.3 Å². The highest BCUT2D eigenvalue weighted by molar-refractivity contribution is 7.99. The van der Waals surface area contributed by atoms with Gasteiger partial charge in [0.05, 0.1) is 17.4 Å². The molecular weight excluding hydrogens is 408 g/mol. The maximum absolute atomic E-state index is 12.5. The second kappa shape index (κ2) is 9.80. The lowest BCUT2D eigenvalue weighted by molar-refractivity contribution is 0.102. The van der Waals surface area contributed by atoms with Crippen LogP contribution in [0.5, 0.6) is 5.75 Å². The fraction of sp³-hybridized carbons (Fsp3) is 0.333. The van der Waals surface area contributed by atoms with E-state index in [1.54, 1.807) is 24.3 Å². The van der Waals surface area contributed by atoms with Gasteiger partial charge in [-0.2, -0.15) is 5.26 Å². The SMILES string of the molecule is CCn1c(COc2ccc3c(c2)CCCC3)nnc1SCC(=O)c1ccc(C#N)cc1. The first-order valence-corrected chi connectivity index (χ1v) is 11.5. The highest BCUT2D eigenvalue weighted by Gasteiger charge is 2.15. The molecule has 1 aliphatic carbocycles. The third-order valence-corrected chi connectivity index (χ3v) is 6.43. The number of carbonyl (C=O) groups excluding carboxylic acids is 1. The first kappa shape index (κ1) is 21.1. The number of ether oxygens (including phenoxy) is 1. The van der Waals surface area contributed by atoms with Crippen molar-refractivity contribution in [1.82, 2.24) is 14.8 Å². The van der Waals surface area contributed by atoms with E-state index in [9.17, 15) is 4.79 Å². The number of aromatic nitrogens is 3. The number of carbonyl (C=O) groups is 1. The van der Waals surface area contributed by atoms with Crippen LogP contribution in [0.15, 0.2) is 47.6 Å². The fourth-order valence-corrected chi connectivity index (χ4v) is 4.66. The normalized spacial score (nSPS) is 12.8. The highest BCUT2D eigenvalue weighted by atomic mass is 32.2. The summed E-state index contributed by atoms with van der Waals surface area (Å²) in [5.74, 6) is 1.85. The lowest BCUT2D eigenvalue weighted by Gasteiger charge is -2.16. The Hall–Kier alpha value is -3.11. The van der Waals surface area contributed by atoms with E-state index in [0.717, 1.165) is 24.4 Å².